The summed E-state index contributed by atoms with van der Waals surface area (Å²) in [6.45, 7) is 8.95. The van der Waals surface area contributed by atoms with E-state index in [1.807, 2.05) is 37.3 Å². The second kappa shape index (κ2) is 9.07. The van der Waals surface area contributed by atoms with Gasteiger partial charge in [0.1, 0.15) is 5.00 Å². The van der Waals surface area contributed by atoms with Gasteiger partial charge in [-0.1, -0.05) is 63.2 Å². The maximum absolute atomic E-state index is 13.0. The number of amides is 1. The van der Waals surface area contributed by atoms with Crippen molar-refractivity contribution in [3.63, 3.8) is 0 Å². The number of nitrogens with one attached hydrogen (secondary N) is 1. The Labute approximate surface area is 194 Å². The first-order valence-corrected chi connectivity index (χ1v) is 12.2. The van der Waals surface area contributed by atoms with Crippen LogP contribution in [0.5, 0.6) is 0 Å². The molecule has 5 heteroatoms. The van der Waals surface area contributed by atoms with E-state index in [-0.39, 0.29) is 23.7 Å². The second-order valence-corrected chi connectivity index (χ2v) is 10.7. The van der Waals surface area contributed by atoms with Crippen LogP contribution in [-0.4, -0.2) is 18.5 Å². The SMILES string of the molecule is CCOC(=O)c1c(NC(=O)Cc2cccc3ccccc23)sc2c1CCC(C(C)(C)C)C2. The topological polar surface area (TPSA) is 55.4 Å². The Morgan fingerprint density at radius 2 is 1.88 bits per heavy atom. The van der Waals surface area contributed by atoms with Crippen LogP contribution in [-0.2, 0) is 28.8 Å². The third-order valence-corrected chi connectivity index (χ3v) is 7.62. The standard InChI is InChI=1S/C27H31NO3S/c1-5-31-26(30)24-21-14-13-19(27(2,3)4)16-22(21)32-25(24)28-23(29)15-18-11-8-10-17-9-6-7-12-20(17)18/h6-12,19H,5,13-16H2,1-4H3,(H,28,29). The summed E-state index contributed by atoms with van der Waals surface area (Å²) >= 11 is 1.55. The molecule has 1 aromatic heterocycles. The van der Waals surface area contributed by atoms with Gasteiger partial charge in [-0.25, -0.2) is 4.79 Å². The van der Waals surface area contributed by atoms with Crippen molar-refractivity contribution in [2.75, 3.05) is 11.9 Å². The first kappa shape index (κ1) is 22.5. The van der Waals surface area contributed by atoms with Crippen molar-refractivity contribution in [3.8, 4) is 0 Å². The van der Waals surface area contributed by atoms with Gasteiger partial charge in [-0.3, -0.25) is 4.79 Å². The highest BCUT2D eigenvalue weighted by Gasteiger charge is 2.34. The molecule has 4 nitrogen and oxygen atoms in total. The van der Waals surface area contributed by atoms with Crippen molar-refractivity contribution in [1.29, 1.82) is 0 Å². The highest BCUT2D eigenvalue weighted by Crippen LogP contribution is 2.44. The van der Waals surface area contributed by atoms with Gasteiger partial charge in [0.2, 0.25) is 5.91 Å². The number of rotatable bonds is 5. The fourth-order valence-corrected chi connectivity index (χ4v) is 5.95. The summed E-state index contributed by atoms with van der Waals surface area (Å²) in [5.74, 6) is 0.112. The monoisotopic (exact) mass is 449 g/mol. The smallest absolute Gasteiger partial charge is 0.341 e. The lowest BCUT2D eigenvalue weighted by Crippen LogP contribution is -2.26. The van der Waals surface area contributed by atoms with Gasteiger partial charge in [0.15, 0.2) is 0 Å². The second-order valence-electron chi connectivity index (χ2n) is 9.60. The zero-order valence-electron chi connectivity index (χ0n) is 19.3. The van der Waals surface area contributed by atoms with Crippen LogP contribution >= 0.6 is 11.3 Å². The Bertz CT molecular complexity index is 1150. The minimum atomic E-state index is -0.334. The number of anilines is 1. The molecule has 0 aliphatic heterocycles. The van der Waals surface area contributed by atoms with E-state index in [4.69, 9.17) is 4.74 Å². The molecule has 1 unspecified atom stereocenters. The molecule has 1 amide bonds. The molecule has 2 aromatic carbocycles. The molecule has 0 bridgehead atoms. The molecular weight excluding hydrogens is 418 g/mol. The van der Waals surface area contributed by atoms with E-state index in [2.05, 4.69) is 38.2 Å². The van der Waals surface area contributed by atoms with Crippen LogP contribution in [0.25, 0.3) is 10.8 Å². The number of hydrogen-bond acceptors (Lipinski definition) is 4. The van der Waals surface area contributed by atoms with Gasteiger partial charge in [0.25, 0.3) is 0 Å². The lowest BCUT2D eigenvalue weighted by Gasteiger charge is -2.33. The number of hydrogen-bond donors (Lipinski definition) is 1. The Hall–Kier alpha value is -2.66. The molecule has 168 valence electrons. The van der Waals surface area contributed by atoms with Gasteiger partial charge in [-0.15, -0.1) is 11.3 Å². The van der Waals surface area contributed by atoms with Crippen LogP contribution in [0.3, 0.4) is 0 Å². The van der Waals surface area contributed by atoms with E-state index in [1.54, 1.807) is 11.3 Å². The first-order chi connectivity index (χ1) is 15.3. The van der Waals surface area contributed by atoms with Crippen LogP contribution in [0.2, 0.25) is 0 Å². The normalized spacial score (nSPS) is 15.9. The van der Waals surface area contributed by atoms with E-state index >= 15 is 0 Å². The van der Waals surface area contributed by atoms with Crippen LogP contribution in [0.4, 0.5) is 5.00 Å². The average molecular weight is 450 g/mol. The Balaban J connectivity index is 1.62. The van der Waals surface area contributed by atoms with E-state index in [0.717, 1.165) is 41.2 Å². The van der Waals surface area contributed by atoms with Crippen molar-refractivity contribution in [2.45, 2.75) is 53.4 Å². The molecule has 1 aliphatic carbocycles. The Kier molecular flexibility index (Phi) is 6.38. The van der Waals surface area contributed by atoms with Crippen molar-refractivity contribution >= 4 is 39.0 Å². The summed E-state index contributed by atoms with van der Waals surface area (Å²) in [4.78, 5) is 27.1. The largest absolute Gasteiger partial charge is 0.462 e. The maximum atomic E-state index is 13.0. The van der Waals surface area contributed by atoms with Gasteiger partial charge in [0.05, 0.1) is 18.6 Å². The molecule has 0 fully saturated rings. The van der Waals surface area contributed by atoms with Gasteiger partial charge in [-0.05, 0) is 59.4 Å². The first-order valence-electron chi connectivity index (χ1n) is 11.4. The molecule has 1 atom stereocenters. The van der Waals surface area contributed by atoms with Gasteiger partial charge in [-0.2, -0.15) is 0 Å². The highest BCUT2D eigenvalue weighted by molar-refractivity contribution is 7.17. The molecule has 1 aliphatic rings. The van der Waals surface area contributed by atoms with Crippen LogP contribution in [0.1, 0.15) is 60.5 Å². The molecule has 4 rings (SSSR count). The Morgan fingerprint density at radius 1 is 1.12 bits per heavy atom. The molecule has 1 heterocycles. The molecule has 0 spiro atoms. The maximum Gasteiger partial charge on any atom is 0.341 e. The molecule has 3 aromatic rings. The highest BCUT2D eigenvalue weighted by atomic mass is 32.1. The number of esters is 1. The lowest BCUT2D eigenvalue weighted by atomic mass is 9.72. The Morgan fingerprint density at radius 3 is 2.62 bits per heavy atom. The van der Waals surface area contributed by atoms with E-state index in [1.165, 1.54) is 4.88 Å². The summed E-state index contributed by atoms with van der Waals surface area (Å²) in [5.41, 5.74) is 2.82. The van der Waals surface area contributed by atoms with E-state index in [9.17, 15) is 9.59 Å². The summed E-state index contributed by atoms with van der Waals surface area (Å²) in [6, 6.07) is 14.1. The summed E-state index contributed by atoms with van der Waals surface area (Å²) < 4.78 is 5.36. The molecule has 32 heavy (non-hydrogen) atoms. The zero-order valence-corrected chi connectivity index (χ0v) is 20.1. The third kappa shape index (κ3) is 4.58. The van der Waals surface area contributed by atoms with Gasteiger partial charge < -0.3 is 10.1 Å². The predicted octanol–water partition coefficient (Wildman–Crippen LogP) is 6.41. The van der Waals surface area contributed by atoms with Gasteiger partial charge >= 0.3 is 5.97 Å². The van der Waals surface area contributed by atoms with Gasteiger partial charge in [0, 0.05) is 4.88 Å². The van der Waals surface area contributed by atoms with Crippen molar-refractivity contribution in [3.05, 3.63) is 64.0 Å². The summed E-state index contributed by atoms with van der Waals surface area (Å²) in [6.07, 6.45) is 3.09. The molecular formula is C27H31NO3S. The third-order valence-electron chi connectivity index (χ3n) is 6.45. The zero-order chi connectivity index (χ0) is 22.9. The lowest BCUT2D eigenvalue weighted by molar-refractivity contribution is -0.115. The van der Waals surface area contributed by atoms with Crippen LogP contribution in [0, 0.1) is 11.3 Å². The van der Waals surface area contributed by atoms with Crippen molar-refractivity contribution in [1.82, 2.24) is 0 Å². The molecule has 0 saturated carbocycles. The number of thiophene rings is 1. The molecule has 0 radical (unpaired) electrons. The number of carbonyl (C=O) groups excluding carboxylic acids is 2. The minimum absolute atomic E-state index is 0.113. The number of fused-ring (bicyclic) bond motifs is 2. The fourth-order valence-electron chi connectivity index (χ4n) is 4.62. The van der Waals surface area contributed by atoms with Crippen molar-refractivity contribution in [2.24, 2.45) is 11.3 Å². The fraction of sp³-hybridized carbons (Fsp3) is 0.407. The quantitative estimate of drug-likeness (QED) is 0.458. The number of carbonyl (C=O) groups is 2. The van der Waals surface area contributed by atoms with E-state index < -0.39 is 0 Å². The average Bonchev–Trinajstić information content (AvgIpc) is 3.10. The minimum Gasteiger partial charge on any atom is -0.462 e. The van der Waals surface area contributed by atoms with Crippen molar-refractivity contribution < 1.29 is 14.3 Å². The van der Waals surface area contributed by atoms with Crippen LogP contribution in [0.15, 0.2) is 42.5 Å². The van der Waals surface area contributed by atoms with Crippen LogP contribution < -0.4 is 5.32 Å². The summed E-state index contributed by atoms with van der Waals surface area (Å²) in [5, 5.41) is 5.88. The summed E-state index contributed by atoms with van der Waals surface area (Å²) in [7, 11) is 0. The predicted molar refractivity (Wildman–Crippen MR) is 132 cm³/mol. The number of ether oxygens (including phenoxy) is 1. The number of benzene rings is 2. The molecule has 0 saturated heterocycles. The van der Waals surface area contributed by atoms with E-state index in [0.29, 0.717) is 23.1 Å². The molecule has 1 N–H and O–H groups in total.